The Bertz CT molecular complexity index is 1030. The van der Waals surface area contributed by atoms with Gasteiger partial charge in [-0.25, -0.2) is 0 Å². The van der Waals surface area contributed by atoms with E-state index in [1.165, 1.54) is 10.1 Å². The summed E-state index contributed by atoms with van der Waals surface area (Å²) in [6.07, 6.45) is 0. The van der Waals surface area contributed by atoms with Gasteiger partial charge in [0.2, 0.25) is 12.7 Å². The Morgan fingerprint density at radius 2 is 1.90 bits per heavy atom. The van der Waals surface area contributed by atoms with Crippen molar-refractivity contribution in [2.75, 3.05) is 44.4 Å². The van der Waals surface area contributed by atoms with E-state index in [9.17, 15) is 4.79 Å². The monoisotopic (exact) mass is 410 g/mol. The largest absolute Gasteiger partial charge is 0.454 e. The van der Waals surface area contributed by atoms with Crippen LogP contribution < -0.4 is 19.7 Å². The first-order valence-electron chi connectivity index (χ1n) is 9.73. The molecule has 0 atom stereocenters. The number of nitrogens with zero attached hydrogens (tertiary/aromatic N) is 3. The van der Waals surface area contributed by atoms with E-state index < -0.39 is 0 Å². The molecule has 0 saturated carbocycles. The molecule has 150 valence electrons. The molecule has 2 aliphatic heterocycles. The maximum Gasteiger partial charge on any atom is 0.234 e. The average Bonchev–Trinajstić information content (AvgIpc) is 3.39. The van der Waals surface area contributed by atoms with Crippen molar-refractivity contribution in [3.63, 3.8) is 0 Å². The highest BCUT2D eigenvalue weighted by Gasteiger charge is 2.22. The number of piperazine rings is 1. The number of carbonyl (C=O) groups excluding carboxylic acids is 1. The first-order chi connectivity index (χ1) is 14.3. The molecule has 3 heterocycles. The molecular weight excluding hydrogens is 388 g/mol. The Labute approximate surface area is 173 Å². The van der Waals surface area contributed by atoms with Crippen molar-refractivity contribution in [2.24, 2.45) is 0 Å². The third-order valence-corrected chi connectivity index (χ3v) is 6.14. The first-order valence-corrected chi connectivity index (χ1v) is 10.5. The topological polar surface area (TPSA) is 66.9 Å². The minimum atomic E-state index is 0.0372. The van der Waals surface area contributed by atoms with Crippen LogP contribution in [0.4, 0.5) is 5.82 Å². The van der Waals surface area contributed by atoms with Crippen LogP contribution in [0.1, 0.15) is 5.56 Å². The van der Waals surface area contributed by atoms with Crippen molar-refractivity contribution in [1.82, 2.24) is 14.6 Å². The predicted molar refractivity (Wildman–Crippen MR) is 113 cm³/mol. The molecule has 2 aliphatic rings. The number of amides is 1. The molecule has 1 aromatic heterocycles. The van der Waals surface area contributed by atoms with Gasteiger partial charge in [0.1, 0.15) is 5.82 Å². The van der Waals surface area contributed by atoms with E-state index in [0.29, 0.717) is 13.1 Å². The van der Waals surface area contributed by atoms with Crippen molar-refractivity contribution >= 4 is 33.3 Å². The minimum Gasteiger partial charge on any atom is -0.454 e. The smallest absolute Gasteiger partial charge is 0.234 e. The summed E-state index contributed by atoms with van der Waals surface area (Å²) in [5.41, 5.74) is 1.00. The summed E-state index contributed by atoms with van der Waals surface area (Å²) < 4.78 is 16.6. The highest BCUT2D eigenvalue weighted by Crippen LogP contribution is 2.32. The Morgan fingerprint density at radius 1 is 1.07 bits per heavy atom. The summed E-state index contributed by atoms with van der Waals surface area (Å²) in [6, 6.07) is 14.1. The zero-order chi connectivity index (χ0) is 19.6. The number of hydrogen-bond donors (Lipinski definition) is 1. The quantitative estimate of drug-likeness (QED) is 0.697. The molecule has 1 fully saturated rings. The lowest BCUT2D eigenvalue weighted by Gasteiger charge is -2.34. The fourth-order valence-electron chi connectivity index (χ4n) is 3.73. The van der Waals surface area contributed by atoms with Crippen molar-refractivity contribution in [3.8, 4) is 11.5 Å². The summed E-state index contributed by atoms with van der Waals surface area (Å²) in [4.78, 5) is 16.9. The lowest BCUT2D eigenvalue weighted by molar-refractivity contribution is -0.122. The molecule has 0 unspecified atom stereocenters. The number of hydrogen-bond acceptors (Lipinski definition) is 7. The van der Waals surface area contributed by atoms with Crippen LogP contribution in [0, 0.1) is 0 Å². The van der Waals surface area contributed by atoms with Gasteiger partial charge in [0.15, 0.2) is 11.5 Å². The normalized spacial score (nSPS) is 16.3. The van der Waals surface area contributed by atoms with Crippen LogP contribution in [-0.2, 0) is 11.3 Å². The van der Waals surface area contributed by atoms with Gasteiger partial charge < -0.3 is 19.7 Å². The van der Waals surface area contributed by atoms with Crippen LogP contribution in [0.5, 0.6) is 11.5 Å². The van der Waals surface area contributed by atoms with Gasteiger partial charge in [-0.15, -0.1) is 0 Å². The highest BCUT2D eigenvalue weighted by atomic mass is 32.1. The lowest BCUT2D eigenvalue weighted by Crippen LogP contribution is -2.49. The number of fused-ring (bicyclic) bond motifs is 2. The zero-order valence-corrected chi connectivity index (χ0v) is 16.8. The molecule has 2 aromatic carbocycles. The minimum absolute atomic E-state index is 0.0372. The van der Waals surface area contributed by atoms with Crippen LogP contribution in [-0.4, -0.2) is 54.7 Å². The standard InChI is InChI=1S/C21H22N4O3S/c26-20(22-12-15-5-6-17-18(11-15)28-14-27-17)13-24-7-9-25(10-8-24)21-16-3-1-2-4-19(16)29-23-21/h1-6,11H,7-10,12-14H2,(H,22,26). The van der Waals surface area contributed by atoms with E-state index in [-0.39, 0.29) is 12.7 Å². The molecule has 0 radical (unpaired) electrons. The van der Waals surface area contributed by atoms with E-state index in [0.717, 1.165) is 49.1 Å². The third-order valence-electron chi connectivity index (χ3n) is 5.32. The lowest BCUT2D eigenvalue weighted by atomic mass is 10.2. The Balaban J connectivity index is 1.11. The number of carbonyl (C=O) groups is 1. The molecule has 0 spiro atoms. The molecule has 0 aliphatic carbocycles. The average molecular weight is 410 g/mol. The summed E-state index contributed by atoms with van der Waals surface area (Å²) in [5, 5.41) is 4.21. The molecule has 8 heteroatoms. The van der Waals surface area contributed by atoms with Gasteiger partial charge in [0, 0.05) is 38.1 Å². The van der Waals surface area contributed by atoms with Crippen molar-refractivity contribution in [2.45, 2.75) is 6.54 Å². The van der Waals surface area contributed by atoms with Gasteiger partial charge in [-0.2, -0.15) is 4.37 Å². The number of nitrogens with one attached hydrogen (secondary N) is 1. The Hall–Kier alpha value is -2.84. The summed E-state index contributed by atoms with van der Waals surface area (Å²) in [7, 11) is 0. The van der Waals surface area contributed by atoms with E-state index in [1.807, 2.05) is 24.3 Å². The van der Waals surface area contributed by atoms with E-state index in [4.69, 9.17) is 9.47 Å². The fourth-order valence-corrected chi connectivity index (χ4v) is 4.52. The van der Waals surface area contributed by atoms with Gasteiger partial charge in [-0.1, -0.05) is 18.2 Å². The van der Waals surface area contributed by atoms with Crippen LogP contribution in [0.25, 0.3) is 10.1 Å². The molecule has 3 aromatic rings. The molecule has 1 saturated heterocycles. The second-order valence-corrected chi connectivity index (χ2v) is 8.03. The molecule has 1 N–H and O–H groups in total. The molecule has 5 rings (SSSR count). The Kier molecular flexibility index (Phi) is 4.95. The van der Waals surface area contributed by atoms with Crippen molar-refractivity contribution in [1.29, 1.82) is 0 Å². The van der Waals surface area contributed by atoms with Gasteiger partial charge in [-0.05, 0) is 41.4 Å². The van der Waals surface area contributed by atoms with Crippen LogP contribution in [0.15, 0.2) is 42.5 Å². The van der Waals surface area contributed by atoms with Gasteiger partial charge >= 0.3 is 0 Å². The number of anilines is 1. The predicted octanol–water partition coefficient (Wildman–Crippen LogP) is 2.46. The van der Waals surface area contributed by atoms with Crippen molar-refractivity contribution in [3.05, 3.63) is 48.0 Å². The molecular formula is C21H22N4O3S. The Morgan fingerprint density at radius 3 is 2.79 bits per heavy atom. The molecule has 1 amide bonds. The van der Waals surface area contributed by atoms with Gasteiger partial charge in [0.25, 0.3) is 0 Å². The summed E-state index contributed by atoms with van der Waals surface area (Å²) in [5.74, 6) is 2.60. The fraction of sp³-hybridized carbons (Fsp3) is 0.333. The van der Waals surface area contributed by atoms with Crippen LogP contribution in [0.2, 0.25) is 0 Å². The third kappa shape index (κ3) is 3.86. The SMILES string of the molecule is O=C(CN1CCN(c2nsc3ccccc23)CC1)NCc1ccc2c(c1)OCO2. The number of rotatable bonds is 5. The summed E-state index contributed by atoms with van der Waals surface area (Å²) in [6.45, 7) is 4.61. The maximum atomic E-state index is 12.4. The zero-order valence-electron chi connectivity index (χ0n) is 16.0. The van der Waals surface area contributed by atoms with Crippen LogP contribution in [0.3, 0.4) is 0 Å². The van der Waals surface area contributed by atoms with Crippen molar-refractivity contribution < 1.29 is 14.3 Å². The molecule has 29 heavy (non-hydrogen) atoms. The number of benzene rings is 2. The molecule has 0 bridgehead atoms. The van der Waals surface area contributed by atoms with E-state index in [2.05, 4.69) is 37.7 Å². The molecule has 7 nitrogen and oxygen atoms in total. The second-order valence-electron chi connectivity index (χ2n) is 7.23. The highest BCUT2D eigenvalue weighted by molar-refractivity contribution is 7.13. The van der Waals surface area contributed by atoms with E-state index in [1.54, 1.807) is 11.5 Å². The second kappa shape index (κ2) is 7.88. The van der Waals surface area contributed by atoms with Crippen LogP contribution >= 0.6 is 11.5 Å². The maximum absolute atomic E-state index is 12.4. The van der Waals surface area contributed by atoms with Gasteiger partial charge in [0.05, 0.1) is 11.2 Å². The first kappa shape index (κ1) is 18.2. The number of aromatic nitrogens is 1. The number of ether oxygens (including phenoxy) is 2. The van der Waals surface area contributed by atoms with E-state index >= 15 is 0 Å². The summed E-state index contributed by atoms with van der Waals surface area (Å²) >= 11 is 1.54. The van der Waals surface area contributed by atoms with Gasteiger partial charge in [-0.3, -0.25) is 9.69 Å².